The molecule has 0 radical (unpaired) electrons. The predicted octanol–water partition coefficient (Wildman–Crippen LogP) is 3.37. The average Bonchev–Trinajstić information content (AvgIpc) is 2.64. The molecule has 0 saturated heterocycles. The largest absolute Gasteiger partial charge is 0.326 e. The summed E-state index contributed by atoms with van der Waals surface area (Å²) < 4.78 is 0. The van der Waals surface area contributed by atoms with Crippen LogP contribution in [0, 0.1) is 0 Å². The Kier molecular flexibility index (Phi) is 5.81. The molecular weight excluding hydrogens is 326 g/mol. The van der Waals surface area contributed by atoms with E-state index in [9.17, 15) is 9.59 Å². The lowest BCUT2D eigenvalue weighted by Gasteiger charge is -2.25. The lowest BCUT2D eigenvalue weighted by atomic mass is 10.00. The van der Waals surface area contributed by atoms with Gasteiger partial charge in [-0.3, -0.25) is 14.5 Å². The third kappa shape index (κ3) is 5.04. The summed E-state index contributed by atoms with van der Waals surface area (Å²) in [4.78, 5) is 25.4. The van der Waals surface area contributed by atoms with Crippen LogP contribution in [0.25, 0.3) is 5.57 Å². The van der Waals surface area contributed by atoms with Crippen molar-refractivity contribution in [2.24, 2.45) is 0 Å². The molecule has 0 aromatic heterocycles. The highest BCUT2D eigenvalue weighted by Gasteiger charge is 2.15. The van der Waals surface area contributed by atoms with E-state index in [1.165, 1.54) is 18.1 Å². The van der Waals surface area contributed by atoms with Crippen LogP contribution in [0.1, 0.15) is 18.9 Å². The van der Waals surface area contributed by atoms with Gasteiger partial charge in [-0.25, -0.2) is 0 Å². The fraction of sp³-hybridized carbons (Fsp3) is 0.238. The first-order chi connectivity index (χ1) is 12.6. The van der Waals surface area contributed by atoms with Crippen molar-refractivity contribution in [2.45, 2.75) is 13.3 Å². The number of carbonyl (C=O) groups excluding carboxylic acids is 2. The van der Waals surface area contributed by atoms with Crippen LogP contribution in [0.4, 0.5) is 11.4 Å². The Morgan fingerprint density at radius 3 is 2.19 bits per heavy atom. The minimum absolute atomic E-state index is 0.0335. The van der Waals surface area contributed by atoms with Crippen LogP contribution in [-0.4, -0.2) is 36.3 Å². The van der Waals surface area contributed by atoms with Crippen molar-refractivity contribution in [3.63, 3.8) is 0 Å². The summed E-state index contributed by atoms with van der Waals surface area (Å²) in [7, 11) is 0. The molecule has 5 heteroatoms. The highest BCUT2D eigenvalue weighted by atomic mass is 16.2. The number of benzene rings is 2. The van der Waals surface area contributed by atoms with Gasteiger partial charge in [0, 0.05) is 31.4 Å². The molecular formula is C21H23N3O2. The second-order valence-electron chi connectivity index (χ2n) is 6.39. The molecule has 0 unspecified atom stereocenters. The Balaban J connectivity index is 1.50. The number of hydrogen-bond acceptors (Lipinski definition) is 3. The molecule has 0 saturated carbocycles. The molecule has 0 fully saturated rings. The van der Waals surface area contributed by atoms with Crippen LogP contribution < -0.4 is 10.6 Å². The molecule has 0 spiro atoms. The monoisotopic (exact) mass is 349 g/mol. The van der Waals surface area contributed by atoms with E-state index in [2.05, 4.69) is 33.7 Å². The molecule has 2 aromatic rings. The van der Waals surface area contributed by atoms with Gasteiger partial charge in [0.15, 0.2) is 0 Å². The van der Waals surface area contributed by atoms with Crippen molar-refractivity contribution in [1.29, 1.82) is 0 Å². The van der Waals surface area contributed by atoms with Crippen LogP contribution in [0.3, 0.4) is 0 Å². The maximum absolute atomic E-state index is 12.3. The first-order valence-electron chi connectivity index (χ1n) is 8.74. The third-order valence-electron chi connectivity index (χ3n) is 4.29. The zero-order valence-corrected chi connectivity index (χ0v) is 14.9. The van der Waals surface area contributed by atoms with Crippen LogP contribution in [0.2, 0.25) is 0 Å². The van der Waals surface area contributed by atoms with Gasteiger partial charge in [0.2, 0.25) is 11.8 Å². The van der Waals surface area contributed by atoms with Gasteiger partial charge in [-0.2, -0.15) is 0 Å². The fourth-order valence-corrected chi connectivity index (χ4v) is 3.01. The zero-order valence-electron chi connectivity index (χ0n) is 14.9. The molecule has 134 valence electrons. The van der Waals surface area contributed by atoms with Gasteiger partial charge in [0.05, 0.1) is 6.54 Å². The Bertz CT molecular complexity index is 798. The van der Waals surface area contributed by atoms with Crippen molar-refractivity contribution >= 4 is 28.8 Å². The van der Waals surface area contributed by atoms with E-state index in [0.717, 1.165) is 25.2 Å². The second-order valence-corrected chi connectivity index (χ2v) is 6.39. The number of amides is 2. The van der Waals surface area contributed by atoms with Gasteiger partial charge in [-0.15, -0.1) is 0 Å². The van der Waals surface area contributed by atoms with E-state index in [1.807, 2.05) is 18.2 Å². The second kappa shape index (κ2) is 8.45. The predicted molar refractivity (Wildman–Crippen MR) is 105 cm³/mol. The smallest absolute Gasteiger partial charge is 0.238 e. The number of nitrogens with one attached hydrogen (secondary N) is 2. The van der Waals surface area contributed by atoms with E-state index in [-0.39, 0.29) is 11.8 Å². The summed E-state index contributed by atoms with van der Waals surface area (Å²) in [5.41, 5.74) is 4.04. The molecule has 2 aromatic carbocycles. The molecule has 0 aliphatic carbocycles. The molecule has 0 bridgehead atoms. The van der Waals surface area contributed by atoms with Gasteiger partial charge in [-0.1, -0.05) is 36.4 Å². The summed E-state index contributed by atoms with van der Waals surface area (Å²) >= 11 is 0. The van der Waals surface area contributed by atoms with Crippen LogP contribution in [-0.2, 0) is 9.59 Å². The first kappa shape index (κ1) is 17.9. The highest BCUT2D eigenvalue weighted by Crippen LogP contribution is 2.22. The van der Waals surface area contributed by atoms with Gasteiger partial charge < -0.3 is 10.6 Å². The van der Waals surface area contributed by atoms with Crippen molar-refractivity contribution in [3.05, 3.63) is 66.2 Å². The standard InChI is InChI=1S/C21H23N3O2/c1-16(25)22-19-7-9-20(10-8-19)23-21(26)15-24-13-11-18(12-14-24)17-5-3-2-4-6-17/h2-11H,12-15H2,1H3,(H,22,25)(H,23,26). The van der Waals surface area contributed by atoms with E-state index < -0.39 is 0 Å². The van der Waals surface area contributed by atoms with E-state index in [1.54, 1.807) is 24.3 Å². The first-order valence-corrected chi connectivity index (χ1v) is 8.74. The molecule has 1 aliphatic heterocycles. The molecule has 26 heavy (non-hydrogen) atoms. The summed E-state index contributed by atoms with van der Waals surface area (Å²) in [6, 6.07) is 17.5. The Morgan fingerprint density at radius 1 is 0.962 bits per heavy atom. The summed E-state index contributed by atoms with van der Waals surface area (Å²) in [5, 5.41) is 5.60. The van der Waals surface area contributed by atoms with Gasteiger partial charge >= 0.3 is 0 Å². The summed E-state index contributed by atoms with van der Waals surface area (Å²) in [6.07, 6.45) is 3.15. The van der Waals surface area contributed by atoms with Gasteiger partial charge in [-0.05, 0) is 41.8 Å². The van der Waals surface area contributed by atoms with E-state index in [0.29, 0.717) is 12.2 Å². The molecule has 5 nitrogen and oxygen atoms in total. The normalized spacial score (nSPS) is 14.4. The van der Waals surface area contributed by atoms with Crippen molar-refractivity contribution < 1.29 is 9.59 Å². The average molecular weight is 349 g/mol. The quantitative estimate of drug-likeness (QED) is 0.870. The number of carbonyl (C=O) groups is 2. The van der Waals surface area contributed by atoms with Crippen molar-refractivity contribution in [3.8, 4) is 0 Å². The lowest BCUT2D eigenvalue weighted by Crippen LogP contribution is -2.36. The topological polar surface area (TPSA) is 61.4 Å². The minimum atomic E-state index is -0.116. The van der Waals surface area contributed by atoms with Crippen LogP contribution >= 0.6 is 0 Å². The molecule has 0 atom stereocenters. The third-order valence-corrected chi connectivity index (χ3v) is 4.29. The van der Waals surface area contributed by atoms with E-state index >= 15 is 0 Å². The van der Waals surface area contributed by atoms with E-state index in [4.69, 9.17) is 0 Å². The van der Waals surface area contributed by atoms with Crippen LogP contribution in [0.15, 0.2) is 60.7 Å². The molecule has 2 amide bonds. The number of anilines is 2. The Hall–Kier alpha value is -2.92. The Morgan fingerprint density at radius 2 is 1.62 bits per heavy atom. The SMILES string of the molecule is CC(=O)Nc1ccc(NC(=O)CN2CC=C(c3ccccc3)CC2)cc1. The van der Waals surface area contributed by atoms with Crippen molar-refractivity contribution in [2.75, 3.05) is 30.3 Å². The highest BCUT2D eigenvalue weighted by molar-refractivity contribution is 5.93. The molecule has 3 rings (SSSR count). The van der Waals surface area contributed by atoms with Gasteiger partial charge in [0.1, 0.15) is 0 Å². The minimum Gasteiger partial charge on any atom is -0.326 e. The summed E-state index contributed by atoms with van der Waals surface area (Å²) in [6.45, 7) is 3.48. The number of nitrogens with zero attached hydrogens (tertiary/aromatic N) is 1. The molecule has 1 heterocycles. The fourth-order valence-electron chi connectivity index (χ4n) is 3.01. The van der Waals surface area contributed by atoms with Crippen molar-refractivity contribution in [1.82, 2.24) is 4.90 Å². The molecule has 1 aliphatic rings. The van der Waals surface area contributed by atoms with Gasteiger partial charge in [0.25, 0.3) is 0 Å². The van der Waals surface area contributed by atoms with Crippen LogP contribution in [0.5, 0.6) is 0 Å². The maximum atomic E-state index is 12.3. The molecule has 2 N–H and O–H groups in total. The zero-order chi connectivity index (χ0) is 18.4. The summed E-state index contributed by atoms with van der Waals surface area (Å²) in [5.74, 6) is -0.149. The maximum Gasteiger partial charge on any atom is 0.238 e. The number of hydrogen-bond donors (Lipinski definition) is 2. The Labute approximate surface area is 153 Å². The lowest BCUT2D eigenvalue weighted by molar-refractivity contribution is -0.117. The number of rotatable bonds is 5.